The normalized spacial score (nSPS) is 10.3. The molecule has 0 atom stereocenters. The summed E-state index contributed by atoms with van der Waals surface area (Å²) in [5.41, 5.74) is 2.98. The number of benzene rings is 2. The first-order valence-corrected chi connectivity index (χ1v) is 10.5. The van der Waals surface area contributed by atoms with Crippen LogP contribution in [0.1, 0.15) is 61.4 Å². The highest BCUT2D eigenvalue weighted by Gasteiger charge is 2.09. The van der Waals surface area contributed by atoms with E-state index in [2.05, 4.69) is 22.9 Å². The van der Waals surface area contributed by atoms with E-state index in [4.69, 9.17) is 12.2 Å². The Labute approximate surface area is 178 Å². The number of carbonyl (C=O) groups is 2. The topological polar surface area (TPSA) is 70.2 Å². The van der Waals surface area contributed by atoms with Gasteiger partial charge < -0.3 is 16.0 Å². The highest BCUT2D eigenvalue weighted by molar-refractivity contribution is 7.80. The van der Waals surface area contributed by atoms with Gasteiger partial charge in [-0.05, 0) is 61.5 Å². The summed E-state index contributed by atoms with van der Waals surface area (Å²) in [7, 11) is 0. The minimum atomic E-state index is -0.156. The molecule has 0 bridgehead atoms. The Morgan fingerprint density at radius 1 is 0.931 bits per heavy atom. The van der Waals surface area contributed by atoms with Gasteiger partial charge in [-0.15, -0.1) is 0 Å². The van der Waals surface area contributed by atoms with E-state index in [1.807, 2.05) is 43.3 Å². The maximum absolute atomic E-state index is 12.3. The van der Waals surface area contributed by atoms with Gasteiger partial charge in [0.2, 0.25) is 5.91 Å². The zero-order chi connectivity index (χ0) is 21.1. The molecule has 0 unspecified atom stereocenters. The third-order valence-corrected chi connectivity index (χ3v) is 4.73. The van der Waals surface area contributed by atoms with Crippen LogP contribution in [0.5, 0.6) is 0 Å². The molecular formula is C23H29N3O2S. The number of aryl methyl sites for hydroxylation is 1. The fraction of sp³-hybridized carbons (Fsp3) is 0.348. The summed E-state index contributed by atoms with van der Waals surface area (Å²) < 4.78 is 0. The van der Waals surface area contributed by atoms with Gasteiger partial charge in [-0.3, -0.25) is 9.59 Å². The first-order chi connectivity index (χ1) is 14.0. The van der Waals surface area contributed by atoms with Crippen LogP contribution in [0.15, 0.2) is 48.5 Å². The molecule has 2 amide bonds. The molecule has 3 N–H and O–H groups in total. The zero-order valence-electron chi connectivity index (χ0n) is 17.1. The van der Waals surface area contributed by atoms with Crippen molar-refractivity contribution in [2.75, 3.05) is 10.6 Å². The minimum Gasteiger partial charge on any atom is -0.332 e. The van der Waals surface area contributed by atoms with Crippen LogP contribution in [0, 0.1) is 6.92 Å². The summed E-state index contributed by atoms with van der Waals surface area (Å²) in [5, 5.41) is 8.93. The molecule has 2 rings (SSSR count). The van der Waals surface area contributed by atoms with Crippen molar-refractivity contribution in [3.05, 3.63) is 59.7 Å². The van der Waals surface area contributed by atoms with Crippen LogP contribution in [0.4, 0.5) is 11.4 Å². The monoisotopic (exact) mass is 411 g/mol. The van der Waals surface area contributed by atoms with Crippen molar-refractivity contribution in [1.82, 2.24) is 5.32 Å². The number of thiocarbonyl (C=S) groups is 1. The first kappa shape index (κ1) is 22.6. The Hall–Kier alpha value is -2.73. The molecule has 29 heavy (non-hydrogen) atoms. The minimum absolute atomic E-state index is 0.0672. The number of amides is 2. The van der Waals surface area contributed by atoms with Crippen molar-refractivity contribution in [2.24, 2.45) is 0 Å². The fourth-order valence-corrected chi connectivity index (χ4v) is 3.14. The fourth-order valence-electron chi connectivity index (χ4n) is 2.91. The van der Waals surface area contributed by atoms with E-state index >= 15 is 0 Å². The van der Waals surface area contributed by atoms with Gasteiger partial charge >= 0.3 is 0 Å². The summed E-state index contributed by atoms with van der Waals surface area (Å²) in [6.45, 7) is 4.08. The Morgan fingerprint density at radius 2 is 1.66 bits per heavy atom. The maximum Gasteiger partial charge on any atom is 0.255 e. The molecule has 0 fully saturated rings. The van der Waals surface area contributed by atoms with Crippen molar-refractivity contribution in [3.8, 4) is 0 Å². The van der Waals surface area contributed by atoms with Gasteiger partial charge in [0.25, 0.3) is 5.91 Å². The highest BCUT2D eigenvalue weighted by atomic mass is 32.1. The number of nitrogens with one attached hydrogen (secondary N) is 3. The van der Waals surface area contributed by atoms with Crippen LogP contribution in [0.2, 0.25) is 0 Å². The molecule has 154 valence electrons. The van der Waals surface area contributed by atoms with Crippen LogP contribution in [-0.2, 0) is 4.79 Å². The van der Waals surface area contributed by atoms with Crippen LogP contribution in [0.25, 0.3) is 0 Å². The molecular weight excluding hydrogens is 382 g/mol. The number of rotatable bonds is 9. The predicted molar refractivity (Wildman–Crippen MR) is 123 cm³/mol. The van der Waals surface area contributed by atoms with E-state index in [1.165, 1.54) is 19.3 Å². The van der Waals surface area contributed by atoms with Crippen LogP contribution < -0.4 is 16.0 Å². The van der Waals surface area contributed by atoms with E-state index in [9.17, 15) is 9.59 Å². The van der Waals surface area contributed by atoms with Crippen molar-refractivity contribution >= 4 is 40.5 Å². The Kier molecular flexibility index (Phi) is 9.31. The first-order valence-electron chi connectivity index (χ1n) is 10.1. The molecule has 0 aliphatic heterocycles. The Morgan fingerprint density at radius 3 is 2.34 bits per heavy atom. The zero-order valence-corrected chi connectivity index (χ0v) is 17.9. The second-order valence-electron chi connectivity index (χ2n) is 7.02. The Bertz CT molecular complexity index is 837. The molecule has 0 aromatic heterocycles. The van der Waals surface area contributed by atoms with Gasteiger partial charge in [0.05, 0.1) is 0 Å². The molecule has 5 nitrogen and oxygen atoms in total. The van der Waals surface area contributed by atoms with Crippen molar-refractivity contribution in [2.45, 2.75) is 52.4 Å². The largest absolute Gasteiger partial charge is 0.332 e. The van der Waals surface area contributed by atoms with Crippen molar-refractivity contribution in [1.29, 1.82) is 0 Å². The molecule has 0 aliphatic rings. The smallest absolute Gasteiger partial charge is 0.255 e. The van der Waals surface area contributed by atoms with Crippen molar-refractivity contribution < 1.29 is 9.59 Å². The molecule has 0 aliphatic carbocycles. The SMILES string of the molecule is CCCCCCCC(=O)NC(=S)Nc1ccc(NC(=O)c2ccccc2)c(C)c1. The van der Waals surface area contributed by atoms with Crippen molar-refractivity contribution in [3.63, 3.8) is 0 Å². The van der Waals surface area contributed by atoms with Crippen LogP contribution in [0.3, 0.4) is 0 Å². The molecule has 0 spiro atoms. The molecule has 0 radical (unpaired) electrons. The van der Waals surface area contributed by atoms with Crippen LogP contribution >= 0.6 is 12.2 Å². The molecule has 0 saturated heterocycles. The molecule has 0 heterocycles. The third kappa shape index (κ3) is 8.03. The summed E-state index contributed by atoms with van der Waals surface area (Å²) in [4.78, 5) is 24.3. The second kappa shape index (κ2) is 12.0. The average Bonchev–Trinajstić information content (AvgIpc) is 2.70. The lowest BCUT2D eigenvalue weighted by molar-refractivity contribution is -0.119. The molecule has 6 heteroatoms. The lowest BCUT2D eigenvalue weighted by atomic mass is 10.1. The molecule has 0 saturated carbocycles. The Balaban J connectivity index is 1.82. The van der Waals surface area contributed by atoms with Gasteiger partial charge in [-0.25, -0.2) is 0 Å². The lowest BCUT2D eigenvalue weighted by Crippen LogP contribution is -2.33. The predicted octanol–water partition coefficient (Wildman–Crippen LogP) is 5.42. The van der Waals surface area contributed by atoms with Gasteiger partial charge in [0.1, 0.15) is 0 Å². The second-order valence-corrected chi connectivity index (χ2v) is 7.42. The number of anilines is 2. The quantitative estimate of drug-likeness (QED) is 0.381. The summed E-state index contributed by atoms with van der Waals surface area (Å²) in [6, 6.07) is 14.6. The summed E-state index contributed by atoms with van der Waals surface area (Å²) >= 11 is 5.23. The lowest BCUT2D eigenvalue weighted by Gasteiger charge is -2.13. The van der Waals surface area contributed by atoms with Gasteiger partial charge in [-0.2, -0.15) is 0 Å². The molecule has 2 aromatic carbocycles. The average molecular weight is 412 g/mol. The third-order valence-electron chi connectivity index (χ3n) is 4.53. The van der Waals surface area contributed by atoms with E-state index in [0.717, 1.165) is 29.8 Å². The van der Waals surface area contributed by atoms with Gasteiger partial charge in [0.15, 0.2) is 5.11 Å². The van der Waals surface area contributed by atoms with E-state index < -0.39 is 0 Å². The van der Waals surface area contributed by atoms with Gasteiger partial charge in [0, 0.05) is 23.4 Å². The van der Waals surface area contributed by atoms with E-state index in [0.29, 0.717) is 12.0 Å². The number of unbranched alkanes of at least 4 members (excludes halogenated alkanes) is 4. The molecule has 2 aromatic rings. The van der Waals surface area contributed by atoms with Crippen LogP contribution in [-0.4, -0.2) is 16.9 Å². The highest BCUT2D eigenvalue weighted by Crippen LogP contribution is 2.20. The maximum atomic E-state index is 12.3. The number of hydrogen-bond acceptors (Lipinski definition) is 3. The standard InChI is InChI=1S/C23H29N3O2S/c1-3-4-5-6-10-13-21(27)26-23(29)24-19-14-15-20(17(2)16-19)25-22(28)18-11-8-7-9-12-18/h7-9,11-12,14-16H,3-6,10,13H2,1-2H3,(H,25,28)(H2,24,26,27,29). The summed E-state index contributed by atoms with van der Waals surface area (Å²) in [5.74, 6) is -0.224. The van der Waals surface area contributed by atoms with E-state index in [1.54, 1.807) is 12.1 Å². The van der Waals surface area contributed by atoms with E-state index in [-0.39, 0.29) is 16.9 Å². The summed E-state index contributed by atoms with van der Waals surface area (Å²) in [6.07, 6.45) is 5.99. The number of carbonyl (C=O) groups excluding carboxylic acids is 2. The number of hydrogen-bond donors (Lipinski definition) is 3. The van der Waals surface area contributed by atoms with Gasteiger partial charge in [-0.1, -0.05) is 50.8 Å².